The number of nitrogens with zero attached hydrogens (tertiary/aromatic N) is 3. The summed E-state index contributed by atoms with van der Waals surface area (Å²) in [4.78, 5) is 17.2. The van der Waals surface area contributed by atoms with E-state index in [0.29, 0.717) is 18.8 Å². The molecule has 0 aliphatic carbocycles. The van der Waals surface area contributed by atoms with E-state index in [1.165, 1.54) is 0 Å². The van der Waals surface area contributed by atoms with Crippen LogP contribution in [-0.4, -0.2) is 27.3 Å². The molecule has 6 nitrogen and oxygen atoms in total. The molecule has 3 heterocycles. The lowest BCUT2D eigenvalue weighted by molar-refractivity contribution is -0.116. The van der Waals surface area contributed by atoms with E-state index in [-0.39, 0.29) is 11.8 Å². The predicted octanol–water partition coefficient (Wildman–Crippen LogP) is 4.74. The van der Waals surface area contributed by atoms with Crippen molar-refractivity contribution in [2.75, 3.05) is 11.9 Å². The fraction of sp³-hybridized carbons (Fsp3) is 0.227. The second-order valence-electron chi connectivity index (χ2n) is 7.05. The molecule has 4 aromatic rings. The van der Waals surface area contributed by atoms with E-state index >= 15 is 0 Å². The molecule has 2 aromatic carbocycles. The van der Waals surface area contributed by atoms with Crippen LogP contribution < -0.4 is 10.1 Å². The van der Waals surface area contributed by atoms with Crippen molar-refractivity contribution >= 4 is 33.3 Å². The van der Waals surface area contributed by atoms with E-state index in [1.54, 1.807) is 16.0 Å². The molecule has 1 aliphatic heterocycles. The van der Waals surface area contributed by atoms with Crippen LogP contribution in [0.15, 0.2) is 54.7 Å². The Kier molecular flexibility index (Phi) is 4.52. The number of carbonyl (C=O) groups is 1. The number of hydrogen-bond acceptors (Lipinski definition) is 5. The highest BCUT2D eigenvalue weighted by molar-refractivity contribution is 7.20. The summed E-state index contributed by atoms with van der Waals surface area (Å²) in [6, 6.07) is 16.0. The van der Waals surface area contributed by atoms with Crippen molar-refractivity contribution in [3.8, 4) is 10.9 Å². The molecule has 0 unspecified atom stereocenters. The van der Waals surface area contributed by atoms with Gasteiger partial charge in [0.05, 0.1) is 23.0 Å². The summed E-state index contributed by atoms with van der Waals surface area (Å²) >= 11 is 1.56. The second kappa shape index (κ2) is 7.33. The topological polar surface area (TPSA) is 69.0 Å². The van der Waals surface area contributed by atoms with Crippen molar-refractivity contribution in [2.45, 2.75) is 25.7 Å². The van der Waals surface area contributed by atoms with Crippen molar-refractivity contribution in [1.29, 1.82) is 0 Å². The summed E-state index contributed by atoms with van der Waals surface area (Å²) in [6.07, 6.45) is 3.18. The first kappa shape index (κ1) is 17.9. The number of carbonyl (C=O) groups excluding carboxylic acids is 1. The van der Waals surface area contributed by atoms with Gasteiger partial charge in [-0.2, -0.15) is 9.78 Å². The quantitative estimate of drug-likeness (QED) is 0.521. The molecule has 5 rings (SSSR count). The van der Waals surface area contributed by atoms with Gasteiger partial charge in [0.1, 0.15) is 11.6 Å². The monoisotopic (exact) mass is 404 g/mol. The van der Waals surface area contributed by atoms with Crippen LogP contribution in [0.2, 0.25) is 0 Å². The third kappa shape index (κ3) is 3.27. The number of ether oxygens (including phenoxy) is 1. The number of hydrogen-bond donors (Lipinski definition) is 1. The summed E-state index contributed by atoms with van der Waals surface area (Å²) in [6.45, 7) is 2.76. The van der Waals surface area contributed by atoms with Gasteiger partial charge in [-0.1, -0.05) is 42.5 Å². The van der Waals surface area contributed by atoms with Gasteiger partial charge >= 0.3 is 0 Å². The van der Waals surface area contributed by atoms with E-state index in [1.807, 2.05) is 54.7 Å². The molecule has 7 heteroatoms. The Morgan fingerprint density at radius 2 is 2.14 bits per heavy atom. The summed E-state index contributed by atoms with van der Waals surface area (Å²) in [5, 5.41) is 8.30. The first-order valence-corrected chi connectivity index (χ1v) is 10.5. The molecule has 1 N–H and O–H groups in total. The van der Waals surface area contributed by atoms with Gasteiger partial charge in [-0.15, -0.1) is 0 Å². The lowest BCUT2D eigenvalue weighted by Crippen LogP contribution is -2.24. The zero-order chi connectivity index (χ0) is 19.8. The average Bonchev–Trinajstić information content (AvgIpc) is 3.35. The van der Waals surface area contributed by atoms with E-state index in [0.717, 1.165) is 38.6 Å². The normalized spacial score (nSPS) is 15.9. The molecule has 146 valence electrons. The Bertz CT molecular complexity index is 1160. The minimum Gasteiger partial charge on any atom is -0.494 e. The molecule has 1 atom stereocenters. The van der Waals surface area contributed by atoms with Gasteiger partial charge in [0.15, 0.2) is 0 Å². The van der Waals surface area contributed by atoms with Crippen LogP contribution in [-0.2, 0) is 4.79 Å². The third-order valence-corrected chi connectivity index (χ3v) is 6.03. The second-order valence-corrected chi connectivity index (χ2v) is 8.06. The van der Waals surface area contributed by atoms with Crippen molar-refractivity contribution in [2.24, 2.45) is 0 Å². The van der Waals surface area contributed by atoms with Gasteiger partial charge in [0.2, 0.25) is 11.0 Å². The molecular weight excluding hydrogens is 384 g/mol. The minimum absolute atomic E-state index is 0.0229. The molecular formula is C22H20N4O2S. The van der Waals surface area contributed by atoms with Gasteiger partial charge in [0.25, 0.3) is 0 Å². The van der Waals surface area contributed by atoms with Crippen LogP contribution in [0.4, 0.5) is 5.82 Å². The Labute approximate surface area is 172 Å². The Hall–Kier alpha value is -3.19. The minimum atomic E-state index is -0.0629. The molecule has 0 bridgehead atoms. The molecule has 0 saturated carbocycles. The van der Waals surface area contributed by atoms with E-state index in [4.69, 9.17) is 4.74 Å². The van der Waals surface area contributed by atoms with Crippen LogP contribution in [0.3, 0.4) is 0 Å². The number of para-hydroxylation sites is 1. The molecule has 2 aromatic heterocycles. The standard InChI is InChI=1S/C22H20N4O2S/c1-2-10-28-15-7-5-6-14(11-15)16-12-20(27)25-21-17(16)13-23-26(21)22-24-18-8-3-4-9-19(18)29-22/h3-9,11,13,16H,2,10,12H2,1H3,(H,25,27)/t16-/m0/s1. The van der Waals surface area contributed by atoms with Gasteiger partial charge in [-0.05, 0) is 36.2 Å². The lowest BCUT2D eigenvalue weighted by Gasteiger charge is -2.23. The zero-order valence-corrected chi connectivity index (χ0v) is 16.8. The van der Waals surface area contributed by atoms with E-state index in [9.17, 15) is 4.79 Å². The SMILES string of the molecule is CCCOc1cccc([C@@H]2CC(=O)Nc3c2cnn3-c2nc3ccccc3s2)c1. The largest absolute Gasteiger partial charge is 0.494 e. The highest BCUT2D eigenvalue weighted by Crippen LogP contribution is 2.39. The molecule has 0 radical (unpaired) electrons. The molecule has 0 saturated heterocycles. The lowest BCUT2D eigenvalue weighted by atomic mass is 9.87. The predicted molar refractivity (Wildman–Crippen MR) is 114 cm³/mol. The Morgan fingerprint density at radius 3 is 3.00 bits per heavy atom. The number of anilines is 1. The third-order valence-electron chi connectivity index (χ3n) is 5.02. The van der Waals surface area contributed by atoms with Crippen LogP contribution in [0, 0.1) is 0 Å². The number of amides is 1. The summed E-state index contributed by atoms with van der Waals surface area (Å²) < 4.78 is 8.61. The maximum Gasteiger partial charge on any atom is 0.226 e. The van der Waals surface area contributed by atoms with Crippen LogP contribution in [0.5, 0.6) is 5.75 Å². The summed E-state index contributed by atoms with van der Waals surface area (Å²) in [7, 11) is 0. The van der Waals surface area contributed by atoms with Crippen LogP contribution in [0.25, 0.3) is 15.3 Å². The van der Waals surface area contributed by atoms with Gasteiger partial charge in [-0.25, -0.2) is 4.98 Å². The van der Waals surface area contributed by atoms with Crippen molar-refractivity contribution < 1.29 is 9.53 Å². The molecule has 1 aliphatic rings. The van der Waals surface area contributed by atoms with Crippen LogP contribution >= 0.6 is 11.3 Å². The highest BCUT2D eigenvalue weighted by atomic mass is 32.1. The number of nitrogens with one attached hydrogen (secondary N) is 1. The zero-order valence-electron chi connectivity index (χ0n) is 16.0. The average molecular weight is 404 g/mol. The highest BCUT2D eigenvalue weighted by Gasteiger charge is 2.31. The number of benzene rings is 2. The number of fused-ring (bicyclic) bond motifs is 2. The fourth-order valence-corrected chi connectivity index (χ4v) is 4.58. The summed E-state index contributed by atoms with van der Waals surface area (Å²) in [5.74, 6) is 1.44. The molecule has 1 amide bonds. The summed E-state index contributed by atoms with van der Waals surface area (Å²) in [5.41, 5.74) is 2.98. The van der Waals surface area contributed by atoms with Gasteiger partial charge in [-0.3, -0.25) is 4.79 Å². The smallest absolute Gasteiger partial charge is 0.226 e. The first-order chi connectivity index (χ1) is 14.2. The Morgan fingerprint density at radius 1 is 1.24 bits per heavy atom. The maximum atomic E-state index is 12.5. The number of thiazole rings is 1. The fourth-order valence-electron chi connectivity index (χ4n) is 3.65. The number of rotatable bonds is 5. The van der Waals surface area contributed by atoms with Crippen molar-refractivity contribution in [3.63, 3.8) is 0 Å². The van der Waals surface area contributed by atoms with Gasteiger partial charge < -0.3 is 10.1 Å². The Balaban J connectivity index is 1.55. The van der Waals surface area contributed by atoms with Gasteiger partial charge in [0, 0.05) is 17.9 Å². The molecule has 29 heavy (non-hydrogen) atoms. The number of aromatic nitrogens is 3. The molecule has 0 spiro atoms. The van der Waals surface area contributed by atoms with Crippen LogP contribution in [0.1, 0.15) is 36.8 Å². The van der Waals surface area contributed by atoms with Crippen molar-refractivity contribution in [3.05, 3.63) is 65.9 Å². The maximum absolute atomic E-state index is 12.5. The van der Waals surface area contributed by atoms with E-state index < -0.39 is 0 Å². The van der Waals surface area contributed by atoms with Crippen molar-refractivity contribution in [1.82, 2.24) is 14.8 Å². The van der Waals surface area contributed by atoms with E-state index in [2.05, 4.69) is 22.3 Å². The first-order valence-electron chi connectivity index (χ1n) is 9.69. The molecule has 0 fully saturated rings.